The van der Waals surface area contributed by atoms with Crippen molar-refractivity contribution in [1.82, 2.24) is 5.32 Å². The van der Waals surface area contributed by atoms with Crippen molar-refractivity contribution in [3.63, 3.8) is 0 Å². The number of nitrogens with two attached hydrogens (primary N) is 1. The molecule has 0 amide bonds. The van der Waals surface area contributed by atoms with Gasteiger partial charge in [0, 0.05) is 19.1 Å². The highest BCUT2D eigenvalue weighted by Gasteiger charge is 2.39. The molecule has 19 heavy (non-hydrogen) atoms. The SMILES string of the molecule is CC1(C)CC(N)CC(C)(CNCC(O)COCF)C1. The molecule has 1 saturated carbocycles. The van der Waals surface area contributed by atoms with Gasteiger partial charge in [-0.05, 0) is 30.1 Å². The Labute approximate surface area is 115 Å². The van der Waals surface area contributed by atoms with Gasteiger partial charge in [-0.2, -0.15) is 0 Å². The molecule has 0 spiro atoms. The molecule has 1 fully saturated rings. The van der Waals surface area contributed by atoms with Gasteiger partial charge in [0.05, 0.1) is 12.7 Å². The Hall–Kier alpha value is -0.230. The van der Waals surface area contributed by atoms with E-state index >= 15 is 0 Å². The minimum absolute atomic E-state index is 0.0330. The van der Waals surface area contributed by atoms with Crippen LogP contribution in [0, 0.1) is 10.8 Å². The lowest BCUT2D eigenvalue weighted by Crippen LogP contribution is -2.47. The van der Waals surface area contributed by atoms with Gasteiger partial charge < -0.3 is 20.9 Å². The third-order valence-electron chi connectivity index (χ3n) is 3.79. The molecule has 0 aromatic rings. The summed E-state index contributed by atoms with van der Waals surface area (Å²) in [6.45, 7) is 7.18. The molecule has 0 aliphatic heterocycles. The normalized spacial score (nSPS) is 32.2. The Kier molecular flexibility index (Phi) is 6.17. The molecule has 4 N–H and O–H groups in total. The first-order valence-corrected chi connectivity index (χ1v) is 7.04. The van der Waals surface area contributed by atoms with Crippen molar-refractivity contribution in [2.75, 3.05) is 26.6 Å². The van der Waals surface area contributed by atoms with Gasteiger partial charge in [-0.25, -0.2) is 4.39 Å². The van der Waals surface area contributed by atoms with Crippen LogP contribution in [0.15, 0.2) is 0 Å². The first-order valence-electron chi connectivity index (χ1n) is 7.04. The quantitative estimate of drug-likeness (QED) is 0.658. The summed E-state index contributed by atoms with van der Waals surface area (Å²) in [7, 11) is 0. The number of aliphatic hydroxyl groups is 1. The average Bonchev–Trinajstić information content (AvgIpc) is 2.22. The summed E-state index contributed by atoms with van der Waals surface area (Å²) in [6.07, 6.45) is 2.53. The van der Waals surface area contributed by atoms with Crippen molar-refractivity contribution in [2.24, 2.45) is 16.6 Å². The molecule has 4 nitrogen and oxygen atoms in total. The van der Waals surface area contributed by atoms with Gasteiger partial charge in [0.15, 0.2) is 6.86 Å². The van der Waals surface area contributed by atoms with E-state index in [1.54, 1.807) is 0 Å². The third-order valence-corrected chi connectivity index (χ3v) is 3.79. The Balaban J connectivity index is 2.34. The van der Waals surface area contributed by atoms with E-state index in [0.29, 0.717) is 6.54 Å². The van der Waals surface area contributed by atoms with Crippen molar-refractivity contribution >= 4 is 0 Å². The van der Waals surface area contributed by atoms with Crippen molar-refractivity contribution in [1.29, 1.82) is 0 Å². The summed E-state index contributed by atoms with van der Waals surface area (Å²) in [5.41, 5.74) is 6.57. The lowest BCUT2D eigenvalue weighted by molar-refractivity contribution is -0.00470. The number of halogens is 1. The van der Waals surface area contributed by atoms with Gasteiger partial charge in [-0.1, -0.05) is 20.8 Å². The fourth-order valence-electron chi connectivity index (χ4n) is 3.63. The second kappa shape index (κ2) is 6.97. The first kappa shape index (κ1) is 16.8. The highest BCUT2D eigenvalue weighted by molar-refractivity contribution is 4.94. The second-order valence-electron chi connectivity index (χ2n) is 7.08. The standard InChI is InChI=1S/C14H29FN2O2/c1-13(2)4-11(16)5-14(3,8-13)9-17-6-12(18)7-19-10-15/h11-12,17-18H,4-10,16H2,1-3H3. The fourth-order valence-corrected chi connectivity index (χ4v) is 3.63. The maximum atomic E-state index is 11.8. The second-order valence-corrected chi connectivity index (χ2v) is 7.08. The van der Waals surface area contributed by atoms with Crippen LogP contribution in [0.1, 0.15) is 40.0 Å². The smallest absolute Gasteiger partial charge is 0.188 e. The van der Waals surface area contributed by atoms with Gasteiger partial charge in [0.2, 0.25) is 0 Å². The molecular weight excluding hydrogens is 247 g/mol. The molecule has 1 rings (SSSR count). The predicted octanol–water partition coefficient (Wildman–Crippen LogP) is 1.42. The van der Waals surface area contributed by atoms with E-state index in [9.17, 15) is 9.50 Å². The van der Waals surface area contributed by atoms with Gasteiger partial charge >= 0.3 is 0 Å². The van der Waals surface area contributed by atoms with Crippen LogP contribution in [0.2, 0.25) is 0 Å². The van der Waals surface area contributed by atoms with E-state index in [1.807, 2.05) is 0 Å². The number of aliphatic hydroxyl groups excluding tert-OH is 1. The lowest BCUT2D eigenvalue weighted by atomic mass is 9.63. The summed E-state index contributed by atoms with van der Waals surface area (Å²) in [5, 5.41) is 12.8. The summed E-state index contributed by atoms with van der Waals surface area (Å²) >= 11 is 0. The van der Waals surface area contributed by atoms with Crippen molar-refractivity contribution in [2.45, 2.75) is 52.2 Å². The van der Waals surface area contributed by atoms with E-state index in [2.05, 4.69) is 30.8 Å². The van der Waals surface area contributed by atoms with E-state index in [1.165, 1.54) is 0 Å². The van der Waals surface area contributed by atoms with Crippen LogP contribution in [0.5, 0.6) is 0 Å². The van der Waals surface area contributed by atoms with Crippen LogP contribution in [0.25, 0.3) is 0 Å². The molecule has 0 aromatic carbocycles. The maximum Gasteiger partial charge on any atom is 0.188 e. The number of hydrogen-bond donors (Lipinski definition) is 3. The molecule has 1 aliphatic rings. The Bertz CT molecular complexity index is 276. The topological polar surface area (TPSA) is 67.5 Å². The van der Waals surface area contributed by atoms with Crippen molar-refractivity contribution in [3.05, 3.63) is 0 Å². The number of ether oxygens (including phenoxy) is 1. The number of alkyl halides is 1. The van der Waals surface area contributed by atoms with Crippen molar-refractivity contribution < 1.29 is 14.2 Å². The molecular formula is C14H29FN2O2. The molecule has 0 saturated heterocycles. The third kappa shape index (κ3) is 6.17. The molecule has 0 heterocycles. The summed E-state index contributed by atoms with van der Waals surface area (Å²) in [4.78, 5) is 0. The molecule has 1 aliphatic carbocycles. The highest BCUT2D eigenvalue weighted by atomic mass is 19.1. The molecule has 3 unspecified atom stereocenters. The zero-order valence-corrected chi connectivity index (χ0v) is 12.4. The molecule has 114 valence electrons. The molecule has 5 heteroatoms. The zero-order chi connectivity index (χ0) is 14.5. The maximum absolute atomic E-state index is 11.8. The minimum Gasteiger partial charge on any atom is -0.389 e. The Morgan fingerprint density at radius 1 is 1.42 bits per heavy atom. The number of rotatable bonds is 7. The molecule has 3 atom stereocenters. The van der Waals surface area contributed by atoms with Crippen molar-refractivity contribution in [3.8, 4) is 0 Å². The van der Waals surface area contributed by atoms with Gasteiger partial charge in [-0.3, -0.25) is 0 Å². The zero-order valence-electron chi connectivity index (χ0n) is 12.4. The van der Waals surface area contributed by atoms with E-state index in [0.717, 1.165) is 25.8 Å². The van der Waals surface area contributed by atoms with E-state index in [4.69, 9.17) is 5.73 Å². The summed E-state index contributed by atoms with van der Waals surface area (Å²) in [6, 6.07) is 0.246. The Morgan fingerprint density at radius 2 is 2.11 bits per heavy atom. The summed E-state index contributed by atoms with van der Waals surface area (Å²) in [5.74, 6) is 0. The van der Waals surface area contributed by atoms with Gasteiger partial charge in [0.25, 0.3) is 0 Å². The summed E-state index contributed by atoms with van der Waals surface area (Å²) < 4.78 is 16.3. The molecule has 0 aromatic heterocycles. The molecule has 0 radical (unpaired) electrons. The Morgan fingerprint density at radius 3 is 2.68 bits per heavy atom. The van der Waals surface area contributed by atoms with Crippen LogP contribution >= 0.6 is 0 Å². The minimum atomic E-state index is -0.849. The van der Waals surface area contributed by atoms with E-state index in [-0.39, 0.29) is 23.5 Å². The molecule has 0 bridgehead atoms. The first-order chi connectivity index (χ1) is 8.76. The average molecular weight is 276 g/mol. The van der Waals surface area contributed by atoms with E-state index < -0.39 is 13.0 Å². The monoisotopic (exact) mass is 276 g/mol. The van der Waals surface area contributed by atoms with Crippen LogP contribution in [-0.4, -0.2) is 43.8 Å². The largest absolute Gasteiger partial charge is 0.389 e. The highest BCUT2D eigenvalue weighted by Crippen LogP contribution is 2.45. The van der Waals surface area contributed by atoms with Crippen LogP contribution in [-0.2, 0) is 4.74 Å². The fraction of sp³-hybridized carbons (Fsp3) is 1.00. The number of hydrogen-bond acceptors (Lipinski definition) is 4. The van der Waals surface area contributed by atoms with Crippen LogP contribution in [0.4, 0.5) is 4.39 Å². The van der Waals surface area contributed by atoms with Crippen LogP contribution < -0.4 is 11.1 Å². The predicted molar refractivity (Wildman–Crippen MR) is 74.5 cm³/mol. The van der Waals surface area contributed by atoms with Crippen LogP contribution in [0.3, 0.4) is 0 Å². The van der Waals surface area contributed by atoms with Gasteiger partial charge in [0.1, 0.15) is 0 Å². The lowest BCUT2D eigenvalue weighted by Gasteiger charge is -2.46. The number of nitrogens with one attached hydrogen (secondary N) is 1. The van der Waals surface area contributed by atoms with Gasteiger partial charge in [-0.15, -0.1) is 0 Å².